The Kier molecular flexibility index (Phi) is 12.1. The van der Waals surface area contributed by atoms with Crippen LogP contribution in [-0.4, -0.2) is 11.1 Å². The van der Waals surface area contributed by atoms with Crippen molar-refractivity contribution < 1.29 is 44.6 Å². The van der Waals surface area contributed by atoms with Crippen LogP contribution in [0.1, 0.15) is 73.8 Å². The van der Waals surface area contributed by atoms with Crippen LogP contribution in [0.2, 0.25) is 0 Å². The van der Waals surface area contributed by atoms with Gasteiger partial charge in [-0.25, -0.2) is 0 Å². The number of carbonyl (C=O) groups excluding carboxylic acids is 1. The number of aliphatic hydroxyl groups is 1. The summed E-state index contributed by atoms with van der Waals surface area (Å²) in [6.45, 7) is 2.20. The number of rotatable bonds is 11. The van der Waals surface area contributed by atoms with Crippen LogP contribution in [0, 0.1) is 0 Å². The molecule has 2 aromatic rings. The van der Waals surface area contributed by atoms with Crippen LogP contribution >= 0.6 is 0 Å². The third kappa shape index (κ3) is 8.74. The maximum absolute atomic E-state index is 10.7. The first-order valence-electron chi connectivity index (χ1n) is 9.83. The molecule has 1 unspecified atom stereocenters. The third-order valence-corrected chi connectivity index (χ3v) is 4.65. The normalized spacial score (nSPS) is 11.9. The van der Waals surface area contributed by atoms with Gasteiger partial charge in [-0.05, 0) is 60.4 Å². The van der Waals surface area contributed by atoms with E-state index in [4.69, 9.17) is 0 Å². The number of carbonyl (C=O) groups is 1. The van der Waals surface area contributed by atoms with Crippen molar-refractivity contribution in [1.82, 2.24) is 0 Å². The summed E-state index contributed by atoms with van der Waals surface area (Å²) in [7, 11) is 0. The molecule has 0 radical (unpaired) electrons. The fraction of sp³-hybridized carbons (Fsp3) is 0.375. The van der Waals surface area contributed by atoms with Gasteiger partial charge < -0.3 is 15.0 Å². The summed E-state index contributed by atoms with van der Waals surface area (Å²) in [6, 6.07) is 16.0. The molecule has 3 nitrogen and oxygen atoms in total. The number of carboxylic acids is 1. The van der Waals surface area contributed by atoms with E-state index in [2.05, 4.69) is 19.1 Å². The molecular formula is C24H29NaO3. The molecule has 0 saturated carbocycles. The van der Waals surface area contributed by atoms with Gasteiger partial charge in [0.25, 0.3) is 0 Å². The van der Waals surface area contributed by atoms with Crippen LogP contribution in [0.4, 0.5) is 0 Å². The summed E-state index contributed by atoms with van der Waals surface area (Å²) in [4.78, 5) is 10.4. The predicted octanol–water partition coefficient (Wildman–Crippen LogP) is 1.44. The van der Waals surface area contributed by atoms with E-state index >= 15 is 0 Å². The van der Waals surface area contributed by atoms with Crippen molar-refractivity contribution in [1.29, 1.82) is 0 Å². The molecule has 0 aliphatic rings. The number of hydrogen-bond acceptors (Lipinski definition) is 3. The smallest absolute Gasteiger partial charge is 0.550 e. The minimum Gasteiger partial charge on any atom is -0.550 e. The van der Waals surface area contributed by atoms with Gasteiger partial charge in [0.05, 0.1) is 0 Å². The molecule has 0 saturated heterocycles. The molecule has 0 spiro atoms. The van der Waals surface area contributed by atoms with Crippen LogP contribution in [0.5, 0.6) is 0 Å². The summed E-state index contributed by atoms with van der Waals surface area (Å²) in [5.74, 6) is -1.01. The molecule has 0 aliphatic heterocycles. The molecule has 2 aromatic carbocycles. The van der Waals surface area contributed by atoms with Crippen molar-refractivity contribution in [2.24, 2.45) is 0 Å². The standard InChI is InChI=1S/C24H30O3.Na/c1-2-3-5-9-19-14-16-21(17-15-19)24(27)22-12-8-11-20(18-22)10-6-4-7-13-23(25)26;/h6,8,10-12,14-18,24,27H,2-5,7,9,13H2,1H3,(H,25,26);/q;+1/p-1/b10-6-;. The van der Waals surface area contributed by atoms with Crippen LogP contribution in [0.25, 0.3) is 6.08 Å². The zero-order valence-electron chi connectivity index (χ0n) is 17.1. The Bertz CT molecular complexity index is 738. The van der Waals surface area contributed by atoms with E-state index < -0.39 is 12.1 Å². The van der Waals surface area contributed by atoms with Crippen LogP contribution in [0.3, 0.4) is 0 Å². The number of hydrogen-bond donors (Lipinski definition) is 1. The van der Waals surface area contributed by atoms with Crippen molar-refractivity contribution in [3.05, 3.63) is 76.9 Å². The molecule has 0 amide bonds. The van der Waals surface area contributed by atoms with Crippen molar-refractivity contribution in [3.63, 3.8) is 0 Å². The monoisotopic (exact) mass is 388 g/mol. The first kappa shape index (κ1) is 24.6. The van der Waals surface area contributed by atoms with Crippen molar-refractivity contribution >= 4 is 12.0 Å². The third-order valence-electron chi connectivity index (χ3n) is 4.65. The maximum Gasteiger partial charge on any atom is 1.00 e. The Labute approximate surface area is 190 Å². The van der Waals surface area contributed by atoms with Gasteiger partial charge in [-0.15, -0.1) is 0 Å². The zero-order valence-corrected chi connectivity index (χ0v) is 19.1. The van der Waals surface area contributed by atoms with Gasteiger partial charge in [-0.3, -0.25) is 0 Å². The molecule has 2 rings (SSSR count). The van der Waals surface area contributed by atoms with Gasteiger partial charge in [0.2, 0.25) is 0 Å². The predicted molar refractivity (Wildman–Crippen MR) is 108 cm³/mol. The van der Waals surface area contributed by atoms with Gasteiger partial charge in [0, 0.05) is 5.97 Å². The fourth-order valence-corrected chi connectivity index (χ4v) is 3.05. The first-order valence-corrected chi connectivity index (χ1v) is 9.83. The van der Waals surface area contributed by atoms with Gasteiger partial charge in [0.15, 0.2) is 0 Å². The Balaban J connectivity index is 0.00000392. The second kappa shape index (κ2) is 13.7. The Morgan fingerprint density at radius 3 is 2.50 bits per heavy atom. The first-order chi connectivity index (χ1) is 13.1. The Morgan fingerprint density at radius 2 is 1.82 bits per heavy atom. The molecule has 0 aromatic heterocycles. The SMILES string of the molecule is CCCCCc1ccc(C(O)c2cccc(/C=C\CCCC(=O)[O-])c2)cc1.[Na+]. The summed E-state index contributed by atoms with van der Waals surface area (Å²) in [6.07, 6.45) is 9.38. The van der Waals surface area contributed by atoms with E-state index in [-0.39, 0.29) is 36.0 Å². The minimum absolute atomic E-state index is 0. The maximum atomic E-state index is 10.7. The zero-order chi connectivity index (χ0) is 19.5. The van der Waals surface area contributed by atoms with Crippen molar-refractivity contribution in [2.45, 2.75) is 58.0 Å². The van der Waals surface area contributed by atoms with E-state index in [1.165, 1.54) is 24.8 Å². The van der Waals surface area contributed by atoms with Crippen LogP contribution in [0.15, 0.2) is 54.6 Å². The average molecular weight is 388 g/mol. The Hall–Kier alpha value is -1.39. The van der Waals surface area contributed by atoms with Crippen molar-refractivity contribution in [2.75, 3.05) is 0 Å². The second-order valence-electron chi connectivity index (χ2n) is 6.94. The number of benzene rings is 2. The molecule has 0 heterocycles. The fourth-order valence-electron chi connectivity index (χ4n) is 3.05. The van der Waals surface area contributed by atoms with Gasteiger partial charge in [0.1, 0.15) is 6.10 Å². The molecule has 28 heavy (non-hydrogen) atoms. The van der Waals surface area contributed by atoms with E-state index in [1.807, 2.05) is 48.6 Å². The number of allylic oxidation sites excluding steroid dienone is 1. The summed E-state index contributed by atoms with van der Waals surface area (Å²) < 4.78 is 0. The largest absolute Gasteiger partial charge is 1.00 e. The Morgan fingerprint density at radius 1 is 1.07 bits per heavy atom. The molecule has 1 atom stereocenters. The molecule has 0 fully saturated rings. The number of aryl methyl sites for hydroxylation is 1. The molecule has 0 aliphatic carbocycles. The average Bonchev–Trinajstić information content (AvgIpc) is 2.68. The summed E-state index contributed by atoms with van der Waals surface area (Å²) in [5.41, 5.74) is 4.05. The van der Waals surface area contributed by atoms with Crippen molar-refractivity contribution in [3.8, 4) is 0 Å². The van der Waals surface area contributed by atoms with E-state index in [0.717, 1.165) is 23.1 Å². The van der Waals surface area contributed by atoms with Gasteiger partial charge in [-0.1, -0.05) is 74.4 Å². The number of carboxylic acid groups (broad SMARTS) is 1. The molecular weight excluding hydrogens is 359 g/mol. The summed E-state index contributed by atoms with van der Waals surface area (Å²) in [5, 5.41) is 21.1. The number of aliphatic carboxylic acids is 1. The number of aliphatic hydroxyl groups excluding tert-OH is 1. The number of unbranched alkanes of at least 4 members (excludes halogenated alkanes) is 3. The second-order valence-corrected chi connectivity index (χ2v) is 6.94. The van der Waals surface area contributed by atoms with E-state index in [9.17, 15) is 15.0 Å². The molecule has 0 bridgehead atoms. The van der Waals surface area contributed by atoms with Gasteiger partial charge in [-0.2, -0.15) is 0 Å². The molecule has 1 N–H and O–H groups in total. The quantitative estimate of drug-likeness (QED) is 0.468. The summed E-state index contributed by atoms with van der Waals surface area (Å²) >= 11 is 0. The minimum atomic E-state index is -1.01. The van der Waals surface area contributed by atoms with Crippen LogP contribution < -0.4 is 34.7 Å². The molecule has 4 heteroatoms. The van der Waals surface area contributed by atoms with E-state index in [1.54, 1.807) is 0 Å². The van der Waals surface area contributed by atoms with Gasteiger partial charge >= 0.3 is 29.6 Å². The molecule has 144 valence electrons. The van der Waals surface area contributed by atoms with Crippen LogP contribution in [-0.2, 0) is 11.2 Å². The topological polar surface area (TPSA) is 60.4 Å². The van der Waals surface area contributed by atoms with E-state index in [0.29, 0.717) is 12.8 Å².